The van der Waals surface area contributed by atoms with E-state index >= 15 is 0 Å². The minimum absolute atomic E-state index is 0.400. The molecule has 6 heteroatoms. The van der Waals surface area contributed by atoms with E-state index in [9.17, 15) is 9.59 Å². The van der Waals surface area contributed by atoms with Gasteiger partial charge in [0.1, 0.15) is 5.75 Å². The first-order valence-corrected chi connectivity index (χ1v) is 9.16. The van der Waals surface area contributed by atoms with Crippen LogP contribution in [0.5, 0.6) is 5.75 Å². The lowest BCUT2D eigenvalue weighted by molar-refractivity contribution is -0.123. The maximum absolute atomic E-state index is 12.6. The van der Waals surface area contributed by atoms with Gasteiger partial charge in [0.25, 0.3) is 5.91 Å². The third-order valence-corrected chi connectivity index (χ3v) is 4.88. The van der Waals surface area contributed by atoms with Crippen LogP contribution in [0.1, 0.15) is 53.1 Å². The van der Waals surface area contributed by atoms with E-state index in [0.29, 0.717) is 23.0 Å². The first-order chi connectivity index (χ1) is 12.8. The molecule has 6 nitrogen and oxygen atoms in total. The maximum atomic E-state index is 12.6. The number of ether oxygens (including phenoxy) is 2. The number of amides is 1. The average Bonchev–Trinajstić information content (AvgIpc) is 3.40. The standard InChI is InChI=1S/C21H26N2O4/c1-12-6-9-19(26-5)18(10-12)22-20(24)15(4)27-21(25)17-11-13(2)23(14(17)3)16-7-8-16/h6,9-11,15-16H,7-8H2,1-5H3,(H,22,24). The molecule has 0 aliphatic heterocycles. The lowest BCUT2D eigenvalue weighted by atomic mass is 10.2. The molecule has 0 spiro atoms. The molecule has 1 aliphatic rings. The molecule has 1 fully saturated rings. The molecule has 27 heavy (non-hydrogen) atoms. The lowest BCUT2D eigenvalue weighted by Gasteiger charge is -2.16. The summed E-state index contributed by atoms with van der Waals surface area (Å²) in [6.07, 6.45) is 1.36. The number of carbonyl (C=O) groups is 2. The first-order valence-electron chi connectivity index (χ1n) is 9.16. The van der Waals surface area contributed by atoms with Gasteiger partial charge in [0, 0.05) is 17.4 Å². The van der Waals surface area contributed by atoms with Crippen molar-refractivity contribution in [3.8, 4) is 5.75 Å². The van der Waals surface area contributed by atoms with Gasteiger partial charge in [-0.05, 0) is 64.3 Å². The smallest absolute Gasteiger partial charge is 0.340 e. The number of rotatable bonds is 6. The highest BCUT2D eigenvalue weighted by Crippen LogP contribution is 2.38. The van der Waals surface area contributed by atoms with E-state index in [0.717, 1.165) is 29.8 Å². The second kappa shape index (κ2) is 7.47. The summed E-state index contributed by atoms with van der Waals surface area (Å²) in [4.78, 5) is 25.1. The molecule has 1 amide bonds. The van der Waals surface area contributed by atoms with E-state index in [4.69, 9.17) is 9.47 Å². The molecule has 1 unspecified atom stereocenters. The molecular weight excluding hydrogens is 344 g/mol. The number of nitrogens with zero attached hydrogens (tertiary/aromatic N) is 1. The van der Waals surface area contributed by atoms with Crippen molar-refractivity contribution >= 4 is 17.6 Å². The number of carbonyl (C=O) groups excluding carboxylic acids is 2. The second-order valence-electron chi connectivity index (χ2n) is 7.13. The van der Waals surface area contributed by atoms with Crippen LogP contribution in [-0.2, 0) is 9.53 Å². The normalized spacial score (nSPS) is 14.6. The molecule has 2 aromatic rings. The van der Waals surface area contributed by atoms with Gasteiger partial charge in [-0.3, -0.25) is 4.79 Å². The van der Waals surface area contributed by atoms with Crippen LogP contribution < -0.4 is 10.1 Å². The zero-order valence-electron chi connectivity index (χ0n) is 16.5. The highest BCUT2D eigenvalue weighted by Gasteiger charge is 2.29. The topological polar surface area (TPSA) is 69.6 Å². The summed E-state index contributed by atoms with van der Waals surface area (Å²) >= 11 is 0. The van der Waals surface area contributed by atoms with Crippen molar-refractivity contribution in [2.75, 3.05) is 12.4 Å². The molecule has 1 aliphatic carbocycles. The Morgan fingerprint density at radius 1 is 1.19 bits per heavy atom. The number of benzene rings is 1. The van der Waals surface area contributed by atoms with Crippen LogP contribution in [0.25, 0.3) is 0 Å². The van der Waals surface area contributed by atoms with Crippen LogP contribution in [0.3, 0.4) is 0 Å². The molecule has 1 saturated carbocycles. The van der Waals surface area contributed by atoms with E-state index < -0.39 is 18.0 Å². The van der Waals surface area contributed by atoms with E-state index in [1.807, 2.05) is 39.0 Å². The Hall–Kier alpha value is -2.76. The van der Waals surface area contributed by atoms with Crippen molar-refractivity contribution in [2.45, 2.75) is 52.7 Å². The van der Waals surface area contributed by atoms with Crippen molar-refractivity contribution in [2.24, 2.45) is 0 Å². The molecular formula is C21H26N2O4. The number of hydrogen-bond acceptors (Lipinski definition) is 4. The van der Waals surface area contributed by atoms with Gasteiger partial charge >= 0.3 is 5.97 Å². The van der Waals surface area contributed by atoms with Gasteiger partial charge in [0.15, 0.2) is 6.10 Å². The zero-order valence-corrected chi connectivity index (χ0v) is 16.5. The average molecular weight is 370 g/mol. The van der Waals surface area contributed by atoms with E-state index in [1.54, 1.807) is 20.1 Å². The van der Waals surface area contributed by atoms with Crippen LogP contribution in [-0.4, -0.2) is 29.7 Å². The fourth-order valence-electron chi connectivity index (χ4n) is 3.31. The molecule has 0 radical (unpaired) electrons. The van der Waals surface area contributed by atoms with Crippen LogP contribution in [0.2, 0.25) is 0 Å². The van der Waals surface area contributed by atoms with Crippen molar-refractivity contribution < 1.29 is 19.1 Å². The summed E-state index contributed by atoms with van der Waals surface area (Å²) in [6, 6.07) is 7.82. The molecule has 1 heterocycles. The highest BCUT2D eigenvalue weighted by molar-refractivity contribution is 5.98. The van der Waals surface area contributed by atoms with Crippen LogP contribution in [0.4, 0.5) is 5.69 Å². The lowest BCUT2D eigenvalue weighted by Crippen LogP contribution is -2.30. The zero-order chi connectivity index (χ0) is 19.7. The van der Waals surface area contributed by atoms with Gasteiger partial charge in [-0.15, -0.1) is 0 Å². The summed E-state index contributed by atoms with van der Waals surface area (Å²) in [6.45, 7) is 7.40. The number of methoxy groups -OCH3 is 1. The van der Waals surface area contributed by atoms with Gasteiger partial charge < -0.3 is 19.4 Å². The van der Waals surface area contributed by atoms with Gasteiger partial charge in [-0.2, -0.15) is 0 Å². The number of aromatic nitrogens is 1. The summed E-state index contributed by atoms with van der Waals surface area (Å²) in [5, 5.41) is 2.77. The predicted octanol–water partition coefficient (Wildman–Crippen LogP) is 3.94. The number of aryl methyl sites for hydroxylation is 2. The Bertz CT molecular complexity index is 881. The van der Waals surface area contributed by atoms with Crippen molar-refractivity contribution in [1.29, 1.82) is 0 Å². The molecule has 0 bridgehead atoms. The SMILES string of the molecule is COc1ccc(C)cc1NC(=O)C(C)OC(=O)c1cc(C)n(C2CC2)c1C. The van der Waals surface area contributed by atoms with E-state index in [-0.39, 0.29) is 0 Å². The molecule has 1 aromatic heterocycles. The van der Waals surface area contributed by atoms with E-state index in [1.165, 1.54) is 0 Å². The predicted molar refractivity (Wildman–Crippen MR) is 103 cm³/mol. The number of nitrogens with one attached hydrogen (secondary N) is 1. The van der Waals surface area contributed by atoms with Gasteiger partial charge in [0.2, 0.25) is 0 Å². The molecule has 1 aromatic carbocycles. The Kier molecular flexibility index (Phi) is 5.26. The van der Waals surface area contributed by atoms with Crippen molar-refractivity contribution in [3.63, 3.8) is 0 Å². The van der Waals surface area contributed by atoms with Crippen LogP contribution in [0, 0.1) is 20.8 Å². The highest BCUT2D eigenvalue weighted by atomic mass is 16.5. The molecule has 0 saturated heterocycles. The number of esters is 1. The van der Waals surface area contributed by atoms with Gasteiger partial charge in [-0.25, -0.2) is 4.79 Å². The fraction of sp³-hybridized carbons (Fsp3) is 0.429. The monoisotopic (exact) mass is 370 g/mol. The fourth-order valence-corrected chi connectivity index (χ4v) is 3.31. The molecule has 3 rings (SSSR count). The summed E-state index contributed by atoms with van der Waals surface area (Å²) in [5.74, 6) is -0.322. The molecule has 144 valence electrons. The largest absolute Gasteiger partial charge is 0.495 e. The quantitative estimate of drug-likeness (QED) is 0.782. The third kappa shape index (κ3) is 3.99. The Balaban J connectivity index is 1.69. The van der Waals surface area contributed by atoms with Crippen LogP contribution in [0.15, 0.2) is 24.3 Å². The summed E-state index contributed by atoms with van der Waals surface area (Å²) in [5.41, 5.74) is 4.00. The Morgan fingerprint density at radius 2 is 1.89 bits per heavy atom. The first kappa shape index (κ1) is 19.0. The molecule has 1 N–H and O–H groups in total. The maximum Gasteiger partial charge on any atom is 0.340 e. The summed E-state index contributed by atoms with van der Waals surface area (Å²) < 4.78 is 12.9. The van der Waals surface area contributed by atoms with Crippen molar-refractivity contribution in [3.05, 3.63) is 46.8 Å². The second-order valence-corrected chi connectivity index (χ2v) is 7.13. The Morgan fingerprint density at radius 3 is 2.52 bits per heavy atom. The van der Waals surface area contributed by atoms with Crippen molar-refractivity contribution in [1.82, 2.24) is 4.57 Å². The number of anilines is 1. The van der Waals surface area contributed by atoms with Gasteiger partial charge in [-0.1, -0.05) is 6.07 Å². The number of hydrogen-bond donors (Lipinski definition) is 1. The minimum Gasteiger partial charge on any atom is -0.495 e. The molecule has 1 atom stereocenters. The Labute approximate surface area is 159 Å². The van der Waals surface area contributed by atoms with E-state index in [2.05, 4.69) is 9.88 Å². The summed E-state index contributed by atoms with van der Waals surface area (Å²) in [7, 11) is 1.54. The third-order valence-electron chi connectivity index (χ3n) is 4.88. The van der Waals surface area contributed by atoms with Crippen LogP contribution >= 0.6 is 0 Å². The van der Waals surface area contributed by atoms with Gasteiger partial charge in [0.05, 0.1) is 18.4 Å². The minimum atomic E-state index is -0.924.